The molecule has 0 saturated carbocycles. The van der Waals surface area contributed by atoms with E-state index in [-0.39, 0.29) is 6.04 Å². The molecule has 0 saturated heterocycles. The van der Waals surface area contributed by atoms with E-state index in [9.17, 15) is 9.90 Å². The van der Waals surface area contributed by atoms with E-state index in [4.69, 9.17) is 5.11 Å². The highest BCUT2D eigenvalue weighted by molar-refractivity contribution is 5.70. The maximum Gasteiger partial charge on any atom is 0.307 e. The minimum Gasteiger partial charge on any atom is -0.481 e. The summed E-state index contributed by atoms with van der Waals surface area (Å²) in [5, 5.41) is 21.7. The molecular formula is C13H19NO3. The first-order valence-electron chi connectivity index (χ1n) is 5.71. The number of benzene rings is 1. The molecule has 1 aromatic rings. The lowest BCUT2D eigenvalue weighted by molar-refractivity contribution is -0.142. The number of carbonyl (C=O) groups is 1. The van der Waals surface area contributed by atoms with Crippen molar-refractivity contribution in [2.24, 2.45) is 5.92 Å². The van der Waals surface area contributed by atoms with Crippen LogP contribution < -0.4 is 5.32 Å². The number of nitrogens with one attached hydrogen (secondary N) is 1. The number of rotatable bonds is 6. The fourth-order valence-corrected chi connectivity index (χ4v) is 1.48. The van der Waals surface area contributed by atoms with Gasteiger partial charge in [-0.1, -0.05) is 37.3 Å². The third-order valence-corrected chi connectivity index (χ3v) is 2.96. The minimum atomic E-state index is -0.834. The average molecular weight is 237 g/mol. The lowest BCUT2D eigenvalue weighted by atomic mass is 10.0. The molecular weight excluding hydrogens is 218 g/mol. The van der Waals surface area contributed by atoms with Gasteiger partial charge in [0.2, 0.25) is 0 Å². The Kier molecular flexibility index (Phi) is 5.12. The van der Waals surface area contributed by atoms with Gasteiger partial charge in [0.25, 0.3) is 0 Å². The summed E-state index contributed by atoms with van der Waals surface area (Å²) in [6.07, 6.45) is -0.611. The van der Waals surface area contributed by atoms with Crippen LogP contribution in [0.3, 0.4) is 0 Å². The van der Waals surface area contributed by atoms with E-state index in [1.807, 2.05) is 30.3 Å². The lowest BCUT2D eigenvalue weighted by Crippen LogP contribution is -2.38. The average Bonchev–Trinajstić information content (AvgIpc) is 2.35. The molecule has 0 amide bonds. The Labute approximate surface area is 101 Å². The van der Waals surface area contributed by atoms with Crippen molar-refractivity contribution in [2.75, 3.05) is 6.54 Å². The smallest absolute Gasteiger partial charge is 0.307 e. The van der Waals surface area contributed by atoms with E-state index in [1.54, 1.807) is 13.8 Å². The lowest BCUT2D eigenvalue weighted by Gasteiger charge is -2.20. The number of carboxylic acids is 1. The van der Waals surface area contributed by atoms with Crippen molar-refractivity contribution in [3.05, 3.63) is 35.9 Å². The zero-order chi connectivity index (χ0) is 12.8. The Balaban J connectivity index is 2.43. The zero-order valence-electron chi connectivity index (χ0n) is 10.1. The molecule has 0 fully saturated rings. The van der Waals surface area contributed by atoms with E-state index in [0.29, 0.717) is 6.54 Å². The normalized spacial score (nSPS) is 16.2. The number of aliphatic carboxylic acids is 1. The Morgan fingerprint density at radius 2 is 1.88 bits per heavy atom. The number of aliphatic hydroxyl groups is 1. The molecule has 3 unspecified atom stereocenters. The quantitative estimate of drug-likeness (QED) is 0.700. The molecule has 3 N–H and O–H groups in total. The molecule has 0 heterocycles. The van der Waals surface area contributed by atoms with Crippen LogP contribution in [-0.4, -0.2) is 28.8 Å². The van der Waals surface area contributed by atoms with Crippen molar-refractivity contribution in [1.82, 2.24) is 5.32 Å². The zero-order valence-corrected chi connectivity index (χ0v) is 10.1. The molecule has 4 heteroatoms. The molecule has 0 aliphatic carbocycles. The second-order valence-corrected chi connectivity index (χ2v) is 4.25. The van der Waals surface area contributed by atoms with Gasteiger partial charge >= 0.3 is 5.97 Å². The van der Waals surface area contributed by atoms with Gasteiger partial charge in [0.05, 0.1) is 12.0 Å². The third-order valence-electron chi connectivity index (χ3n) is 2.96. The highest BCUT2D eigenvalue weighted by atomic mass is 16.4. The largest absolute Gasteiger partial charge is 0.481 e. The first-order valence-corrected chi connectivity index (χ1v) is 5.71. The minimum absolute atomic E-state index is 0.175. The van der Waals surface area contributed by atoms with Crippen LogP contribution in [0.25, 0.3) is 0 Å². The summed E-state index contributed by atoms with van der Waals surface area (Å²) in [7, 11) is 0. The van der Waals surface area contributed by atoms with Gasteiger partial charge in [0.1, 0.15) is 0 Å². The molecule has 0 bridgehead atoms. The molecule has 0 aromatic heterocycles. The van der Waals surface area contributed by atoms with Crippen LogP contribution >= 0.6 is 0 Å². The molecule has 0 aliphatic heterocycles. The highest BCUT2D eigenvalue weighted by Crippen LogP contribution is 2.11. The van der Waals surface area contributed by atoms with Crippen LogP contribution in [0.1, 0.15) is 25.5 Å². The van der Waals surface area contributed by atoms with Crippen LogP contribution in [0.5, 0.6) is 0 Å². The molecule has 94 valence electrons. The van der Waals surface area contributed by atoms with E-state index < -0.39 is 18.0 Å². The summed E-state index contributed by atoms with van der Waals surface area (Å²) < 4.78 is 0. The Bertz CT molecular complexity index is 353. The fraction of sp³-hybridized carbons (Fsp3) is 0.462. The molecule has 0 spiro atoms. The van der Waals surface area contributed by atoms with Gasteiger partial charge < -0.3 is 15.5 Å². The van der Waals surface area contributed by atoms with E-state index >= 15 is 0 Å². The second-order valence-electron chi connectivity index (χ2n) is 4.25. The second kappa shape index (κ2) is 6.37. The van der Waals surface area contributed by atoms with Crippen molar-refractivity contribution < 1.29 is 15.0 Å². The molecule has 4 nitrogen and oxygen atoms in total. The third kappa shape index (κ3) is 4.17. The van der Waals surface area contributed by atoms with Gasteiger partial charge in [-0.2, -0.15) is 0 Å². The summed E-state index contributed by atoms with van der Waals surface area (Å²) in [5.41, 5.74) is 0.829. The van der Waals surface area contributed by atoms with Gasteiger partial charge in [0, 0.05) is 12.6 Å². The SMILES string of the molecule is CC(NCC(O)c1ccccc1)C(C)C(=O)O. The van der Waals surface area contributed by atoms with Crippen LogP contribution in [0.2, 0.25) is 0 Å². The molecule has 17 heavy (non-hydrogen) atoms. The summed E-state index contributed by atoms with van der Waals surface area (Å²) in [5.74, 6) is -1.31. The van der Waals surface area contributed by atoms with Crippen molar-refractivity contribution in [3.8, 4) is 0 Å². The number of aliphatic hydroxyl groups excluding tert-OH is 1. The number of hydrogen-bond acceptors (Lipinski definition) is 3. The summed E-state index contributed by atoms with van der Waals surface area (Å²) >= 11 is 0. The predicted molar refractivity (Wildman–Crippen MR) is 65.7 cm³/mol. The van der Waals surface area contributed by atoms with Crippen molar-refractivity contribution in [3.63, 3.8) is 0 Å². The van der Waals surface area contributed by atoms with Gasteiger partial charge in [-0.15, -0.1) is 0 Å². The van der Waals surface area contributed by atoms with Crippen LogP contribution in [0.4, 0.5) is 0 Å². The Hall–Kier alpha value is -1.39. The van der Waals surface area contributed by atoms with Crippen LogP contribution in [-0.2, 0) is 4.79 Å². The van der Waals surface area contributed by atoms with Crippen LogP contribution in [0, 0.1) is 5.92 Å². The van der Waals surface area contributed by atoms with E-state index in [1.165, 1.54) is 0 Å². The molecule has 0 radical (unpaired) electrons. The molecule has 1 rings (SSSR count). The summed E-state index contributed by atoms with van der Waals surface area (Å²) in [6.45, 7) is 3.80. The van der Waals surface area contributed by atoms with Crippen LogP contribution in [0.15, 0.2) is 30.3 Å². The monoisotopic (exact) mass is 237 g/mol. The highest BCUT2D eigenvalue weighted by Gasteiger charge is 2.19. The van der Waals surface area contributed by atoms with Crippen molar-refractivity contribution in [1.29, 1.82) is 0 Å². The first kappa shape index (κ1) is 13.7. The molecule has 3 atom stereocenters. The van der Waals surface area contributed by atoms with Crippen molar-refractivity contribution >= 4 is 5.97 Å². The van der Waals surface area contributed by atoms with Gasteiger partial charge in [-0.05, 0) is 12.5 Å². The van der Waals surface area contributed by atoms with Gasteiger partial charge in [-0.3, -0.25) is 4.79 Å². The maximum atomic E-state index is 10.8. The first-order chi connectivity index (χ1) is 8.02. The Morgan fingerprint density at radius 1 is 1.29 bits per heavy atom. The van der Waals surface area contributed by atoms with Crippen molar-refractivity contribution in [2.45, 2.75) is 26.0 Å². The molecule has 1 aromatic carbocycles. The van der Waals surface area contributed by atoms with E-state index in [2.05, 4.69) is 5.32 Å². The topological polar surface area (TPSA) is 69.6 Å². The Morgan fingerprint density at radius 3 is 2.41 bits per heavy atom. The van der Waals surface area contributed by atoms with E-state index in [0.717, 1.165) is 5.56 Å². The number of hydrogen-bond donors (Lipinski definition) is 3. The van der Waals surface area contributed by atoms with Gasteiger partial charge in [-0.25, -0.2) is 0 Å². The summed E-state index contributed by atoms with van der Waals surface area (Å²) in [4.78, 5) is 10.8. The fourth-order valence-electron chi connectivity index (χ4n) is 1.48. The standard InChI is InChI=1S/C13H19NO3/c1-9(13(16)17)10(2)14-8-12(15)11-6-4-3-5-7-11/h3-7,9-10,12,14-15H,8H2,1-2H3,(H,16,17). The number of carboxylic acid groups (broad SMARTS) is 1. The molecule has 0 aliphatic rings. The predicted octanol–water partition coefficient (Wildman–Crippen LogP) is 1.42. The summed E-state index contributed by atoms with van der Waals surface area (Å²) in [6, 6.07) is 9.13. The van der Waals surface area contributed by atoms with Gasteiger partial charge in [0.15, 0.2) is 0 Å². The maximum absolute atomic E-state index is 10.8.